The number of rotatable bonds is 8. The number of aryl methyl sites for hydroxylation is 1. The summed E-state index contributed by atoms with van der Waals surface area (Å²) in [6, 6.07) is 13.5. The minimum Gasteiger partial charge on any atom is -0.355 e. The first-order chi connectivity index (χ1) is 14.4. The van der Waals surface area contributed by atoms with Crippen LogP contribution in [0.25, 0.3) is 20.8 Å². The summed E-state index contributed by atoms with van der Waals surface area (Å²) in [6.07, 6.45) is 0.887. The monoisotopic (exact) mass is 424 g/mol. The summed E-state index contributed by atoms with van der Waals surface area (Å²) >= 11 is 1.66. The molecule has 1 heterocycles. The molecule has 30 heavy (non-hydrogen) atoms. The van der Waals surface area contributed by atoms with Crippen LogP contribution in [0.1, 0.15) is 25.8 Å². The van der Waals surface area contributed by atoms with Crippen LogP contribution in [0.5, 0.6) is 0 Å². The van der Waals surface area contributed by atoms with E-state index in [0.717, 1.165) is 28.2 Å². The van der Waals surface area contributed by atoms with E-state index in [-0.39, 0.29) is 18.4 Å². The molecule has 0 aliphatic rings. The van der Waals surface area contributed by atoms with E-state index >= 15 is 0 Å². The third kappa shape index (κ3) is 5.43. The molecule has 0 saturated heterocycles. The van der Waals surface area contributed by atoms with Crippen LogP contribution in [-0.4, -0.2) is 47.9 Å². The molecule has 158 valence electrons. The van der Waals surface area contributed by atoms with Gasteiger partial charge < -0.3 is 10.6 Å². The summed E-state index contributed by atoms with van der Waals surface area (Å²) < 4.78 is 1.17. The van der Waals surface area contributed by atoms with Crippen molar-refractivity contribution in [2.45, 2.75) is 33.2 Å². The number of likely N-dealkylation sites (N-methyl/N-ethyl adjacent to an activating group) is 1. The molecule has 0 aliphatic carbocycles. The number of hydrogen-bond acceptors (Lipinski definition) is 5. The van der Waals surface area contributed by atoms with Crippen LogP contribution in [0.2, 0.25) is 0 Å². The standard InChI is InChI=1S/C23H28N4O2S/c1-5-12-24-21(28)14-27(4)16(3)22(29)25-18-9-7-17(8-10-18)23-26-19-11-6-15(2)13-20(19)30-23/h6-11,13,16H,5,12,14H2,1-4H3,(H,24,28)(H,25,29)/t16-/m0/s1. The molecule has 6 nitrogen and oxygen atoms in total. The highest BCUT2D eigenvalue weighted by atomic mass is 32.1. The van der Waals surface area contributed by atoms with E-state index in [4.69, 9.17) is 4.98 Å². The van der Waals surface area contributed by atoms with E-state index in [2.05, 4.69) is 29.7 Å². The molecule has 1 atom stereocenters. The number of thiazole rings is 1. The number of benzene rings is 2. The number of carbonyl (C=O) groups excluding carboxylic acids is 2. The number of aromatic nitrogens is 1. The highest BCUT2D eigenvalue weighted by Crippen LogP contribution is 2.31. The predicted octanol–water partition coefficient (Wildman–Crippen LogP) is 4.06. The molecule has 0 saturated carbocycles. The molecule has 2 aromatic carbocycles. The number of amides is 2. The smallest absolute Gasteiger partial charge is 0.241 e. The summed E-state index contributed by atoms with van der Waals surface area (Å²) in [7, 11) is 1.77. The Morgan fingerprint density at radius 1 is 1.17 bits per heavy atom. The Balaban J connectivity index is 1.61. The van der Waals surface area contributed by atoms with Crippen molar-refractivity contribution < 1.29 is 9.59 Å². The van der Waals surface area contributed by atoms with Crippen molar-refractivity contribution in [2.75, 3.05) is 25.5 Å². The largest absolute Gasteiger partial charge is 0.355 e. The molecule has 0 bridgehead atoms. The van der Waals surface area contributed by atoms with E-state index in [9.17, 15) is 9.59 Å². The second-order valence-corrected chi connectivity index (χ2v) is 8.53. The third-order valence-corrected chi connectivity index (χ3v) is 6.02. The summed E-state index contributed by atoms with van der Waals surface area (Å²) in [5.41, 5.74) is 3.96. The average Bonchev–Trinajstić information content (AvgIpc) is 3.15. The molecule has 3 rings (SSSR count). The Morgan fingerprint density at radius 3 is 2.60 bits per heavy atom. The molecule has 0 unspecified atom stereocenters. The van der Waals surface area contributed by atoms with Gasteiger partial charge in [0, 0.05) is 17.8 Å². The minimum atomic E-state index is -0.426. The van der Waals surface area contributed by atoms with Crippen LogP contribution >= 0.6 is 11.3 Å². The molecule has 1 aromatic heterocycles. The molecule has 7 heteroatoms. The zero-order valence-electron chi connectivity index (χ0n) is 17.9. The Labute approximate surface area is 181 Å². The molecule has 0 radical (unpaired) electrons. The highest BCUT2D eigenvalue weighted by molar-refractivity contribution is 7.21. The Morgan fingerprint density at radius 2 is 1.90 bits per heavy atom. The van der Waals surface area contributed by atoms with Gasteiger partial charge in [0.15, 0.2) is 0 Å². The van der Waals surface area contributed by atoms with E-state index in [0.29, 0.717) is 6.54 Å². The van der Waals surface area contributed by atoms with Gasteiger partial charge in [0.25, 0.3) is 0 Å². The molecule has 0 aliphatic heterocycles. The van der Waals surface area contributed by atoms with Gasteiger partial charge in [0.2, 0.25) is 11.8 Å². The molecule has 2 N–H and O–H groups in total. The van der Waals surface area contributed by atoms with Gasteiger partial charge in [-0.15, -0.1) is 11.3 Å². The first kappa shape index (κ1) is 21.9. The van der Waals surface area contributed by atoms with Gasteiger partial charge >= 0.3 is 0 Å². The molecule has 3 aromatic rings. The topological polar surface area (TPSA) is 74.3 Å². The first-order valence-corrected chi connectivity index (χ1v) is 10.9. The van der Waals surface area contributed by atoms with E-state index in [1.165, 1.54) is 10.3 Å². The van der Waals surface area contributed by atoms with Gasteiger partial charge in [-0.3, -0.25) is 14.5 Å². The zero-order valence-corrected chi connectivity index (χ0v) is 18.7. The number of hydrogen-bond donors (Lipinski definition) is 2. The van der Waals surface area contributed by atoms with Crippen LogP contribution in [0.15, 0.2) is 42.5 Å². The molecule has 2 amide bonds. The number of nitrogens with zero attached hydrogens (tertiary/aromatic N) is 2. The minimum absolute atomic E-state index is 0.0746. The van der Waals surface area contributed by atoms with Gasteiger partial charge in [-0.2, -0.15) is 0 Å². The van der Waals surface area contributed by atoms with Crippen LogP contribution in [0, 0.1) is 6.92 Å². The third-order valence-electron chi connectivity index (χ3n) is 4.95. The van der Waals surface area contributed by atoms with Crippen molar-refractivity contribution in [1.82, 2.24) is 15.2 Å². The lowest BCUT2D eigenvalue weighted by molar-refractivity contribution is -0.124. The van der Waals surface area contributed by atoms with Gasteiger partial charge in [-0.1, -0.05) is 13.0 Å². The quantitative estimate of drug-likeness (QED) is 0.572. The Bertz CT molecular complexity index is 1030. The number of anilines is 1. The lowest BCUT2D eigenvalue weighted by Crippen LogP contribution is -2.44. The SMILES string of the molecule is CCCNC(=O)CN(C)[C@@H](C)C(=O)Nc1ccc(-c2nc3ccc(C)cc3s2)cc1. The molecular weight excluding hydrogens is 396 g/mol. The normalized spacial score (nSPS) is 12.2. The van der Waals surface area contributed by atoms with Crippen molar-refractivity contribution in [3.63, 3.8) is 0 Å². The van der Waals surface area contributed by atoms with Gasteiger partial charge in [-0.25, -0.2) is 4.98 Å². The lowest BCUT2D eigenvalue weighted by atomic mass is 10.2. The maximum atomic E-state index is 12.6. The molecule has 0 spiro atoms. The second kappa shape index (κ2) is 9.82. The fourth-order valence-corrected chi connectivity index (χ4v) is 4.05. The fourth-order valence-electron chi connectivity index (χ4n) is 2.98. The van der Waals surface area contributed by atoms with Crippen LogP contribution < -0.4 is 10.6 Å². The zero-order chi connectivity index (χ0) is 21.7. The fraction of sp³-hybridized carbons (Fsp3) is 0.348. The molecule has 0 fully saturated rings. The van der Waals surface area contributed by atoms with Crippen molar-refractivity contribution in [3.8, 4) is 10.6 Å². The summed E-state index contributed by atoms with van der Waals surface area (Å²) in [5.74, 6) is -0.224. The van der Waals surface area contributed by atoms with E-state index in [1.807, 2.05) is 37.3 Å². The van der Waals surface area contributed by atoms with Crippen molar-refractivity contribution in [1.29, 1.82) is 0 Å². The number of fused-ring (bicyclic) bond motifs is 1. The first-order valence-electron chi connectivity index (χ1n) is 10.1. The van der Waals surface area contributed by atoms with Crippen molar-refractivity contribution in [2.24, 2.45) is 0 Å². The van der Waals surface area contributed by atoms with Gasteiger partial charge in [-0.05, 0) is 69.3 Å². The Hall–Kier alpha value is -2.77. The Kier molecular flexibility index (Phi) is 7.18. The van der Waals surface area contributed by atoms with Crippen LogP contribution in [0.4, 0.5) is 5.69 Å². The maximum Gasteiger partial charge on any atom is 0.241 e. The number of carbonyl (C=O) groups is 2. The summed E-state index contributed by atoms with van der Waals surface area (Å²) in [5, 5.41) is 6.70. The van der Waals surface area contributed by atoms with E-state index < -0.39 is 6.04 Å². The van der Waals surface area contributed by atoms with E-state index in [1.54, 1.807) is 30.2 Å². The summed E-state index contributed by atoms with van der Waals surface area (Å²) in [4.78, 5) is 30.9. The number of nitrogens with one attached hydrogen (secondary N) is 2. The maximum absolute atomic E-state index is 12.6. The summed E-state index contributed by atoms with van der Waals surface area (Å²) in [6.45, 7) is 6.70. The van der Waals surface area contributed by atoms with Crippen LogP contribution in [0.3, 0.4) is 0 Å². The van der Waals surface area contributed by atoms with Crippen molar-refractivity contribution >= 4 is 39.1 Å². The molecular formula is C23H28N4O2S. The van der Waals surface area contributed by atoms with Gasteiger partial charge in [0.1, 0.15) is 5.01 Å². The van der Waals surface area contributed by atoms with Gasteiger partial charge in [0.05, 0.1) is 22.8 Å². The predicted molar refractivity (Wildman–Crippen MR) is 124 cm³/mol. The lowest BCUT2D eigenvalue weighted by Gasteiger charge is -2.23. The second-order valence-electron chi connectivity index (χ2n) is 7.50. The van der Waals surface area contributed by atoms with Crippen molar-refractivity contribution in [3.05, 3.63) is 48.0 Å². The highest BCUT2D eigenvalue weighted by Gasteiger charge is 2.20. The average molecular weight is 425 g/mol. The van der Waals surface area contributed by atoms with Crippen LogP contribution in [-0.2, 0) is 9.59 Å².